The van der Waals surface area contributed by atoms with Crippen molar-refractivity contribution >= 4 is 21.2 Å². The molecule has 1 aliphatic rings. The maximum atomic E-state index is 12.2. The van der Waals surface area contributed by atoms with Crippen molar-refractivity contribution < 1.29 is 8.42 Å². The molecule has 4 nitrogen and oxygen atoms in total. The first kappa shape index (κ1) is 16.7. The van der Waals surface area contributed by atoms with Crippen molar-refractivity contribution in [1.82, 2.24) is 4.57 Å². The fraction of sp³-hybridized carbons (Fsp3) is 0.800. The van der Waals surface area contributed by atoms with E-state index in [1.54, 1.807) is 0 Å². The summed E-state index contributed by atoms with van der Waals surface area (Å²) in [6.07, 6.45) is 6.82. The van der Waals surface area contributed by atoms with Gasteiger partial charge in [-0.1, -0.05) is 38.0 Å². The van der Waals surface area contributed by atoms with Gasteiger partial charge in [-0.3, -0.25) is 4.79 Å². The molecule has 0 aliphatic heterocycles. The van der Waals surface area contributed by atoms with Crippen LogP contribution in [0.1, 0.15) is 43.7 Å². The van der Waals surface area contributed by atoms with Crippen LogP contribution in [-0.2, 0) is 29.2 Å². The van der Waals surface area contributed by atoms with Gasteiger partial charge in [0.2, 0.25) is 0 Å². The zero-order chi connectivity index (χ0) is 15.6. The van der Waals surface area contributed by atoms with Crippen LogP contribution in [0.2, 0.25) is 0 Å². The molecule has 2 rings (SSSR count). The third kappa shape index (κ3) is 4.42. The van der Waals surface area contributed by atoms with Gasteiger partial charge < -0.3 is 4.57 Å². The number of aromatic nitrogens is 1. The van der Waals surface area contributed by atoms with E-state index in [-0.39, 0.29) is 16.5 Å². The van der Waals surface area contributed by atoms with Gasteiger partial charge >= 0.3 is 4.87 Å². The van der Waals surface area contributed by atoms with Crippen LogP contribution in [0.15, 0.2) is 4.79 Å². The molecule has 0 fully saturated rings. The molecule has 0 aromatic carbocycles. The Bertz CT molecular complexity index is 642. The number of sulfone groups is 1. The second-order valence-electron chi connectivity index (χ2n) is 6.44. The largest absolute Gasteiger partial charge is 0.307 e. The Balaban J connectivity index is 2.14. The van der Waals surface area contributed by atoms with E-state index >= 15 is 0 Å². The molecule has 0 saturated heterocycles. The van der Waals surface area contributed by atoms with Crippen molar-refractivity contribution in [3.63, 3.8) is 0 Å². The van der Waals surface area contributed by atoms with Gasteiger partial charge in [-0.2, -0.15) is 0 Å². The summed E-state index contributed by atoms with van der Waals surface area (Å²) in [6.45, 7) is 4.63. The van der Waals surface area contributed by atoms with Gasteiger partial charge in [0.05, 0.1) is 5.75 Å². The minimum Gasteiger partial charge on any atom is -0.302 e. The molecule has 120 valence electrons. The predicted molar refractivity (Wildman–Crippen MR) is 87.9 cm³/mol. The number of nitrogens with zero attached hydrogens (tertiary/aromatic N) is 1. The molecular weight excluding hydrogens is 306 g/mol. The molecule has 0 radical (unpaired) electrons. The van der Waals surface area contributed by atoms with Crippen LogP contribution in [0.3, 0.4) is 0 Å². The Kier molecular flexibility index (Phi) is 5.30. The summed E-state index contributed by atoms with van der Waals surface area (Å²) in [7, 11) is -2.99. The van der Waals surface area contributed by atoms with Crippen LogP contribution < -0.4 is 4.87 Å². The average Bonchev–Trinajstić information content (AvgIpc) is 2.63. The van der Waals surface area contributed by atoms with Gasteiger partial charge in [0.25, 0.3) is 0 Å². The Labute approximate surface area is 131 Å². The molecule has 0 amide bonds. The van der Waals surface area contributed by atoms with E-state index in [0.717, 1.165) is 25.0 Å². The molecule has 1 aromatic heterocycles. The topological polar surface area (TPSA) is 56.1 Å². The fourth-order valence-electron chi connectivity index (χ4n) is 3.34. The standard InChI is InChI=1S/C15H25NO3S2/c1-4-5-12-6-7-13-14(8-12)20-15(17)16(13)9-11(2)10-21(3,18)19/h11-12H,4-10H2,1-3H3. The smallest absolute Gasteiger partial charge is 0.302 e. The lowest BCUT2D eigenvalue weighted by Crippen LogP contribution is -2.25. The Morgan fingerprint density at radius 2 is 2.14 bits per heavy atom. The second-order valence-corrected chi connectivity index (χ2v) is 9.67. The van der Waals surface area contributed by atoms with E-state index in [0.29, 0.717) is 12.5 Å². The van der Waals surface area contributed by atoms with Gasteiger partial charge in [0.15, 0.2) is 0 Å². The van der Waals surface area contributed by atoms with Crippen molar-refractivity contribution in [2.24, 2.45) is 11.8 Å². The lowest BCUT2D eigenvalue weighted by Gasteiger charge is -2.23. The zero-order valence-corrected chi connectivity index (χ0v) is 14.7. The van der Waals surface area contributed by atoms with Crippen molar-refractivity contribution in [1.29, 1.82) is 0 Å². The van der Waals surface area contributed by atoms with Crippen LogP contribution in [0, 0.1) is 11.8 Å². The van der Waals surface area contributed by atoms with Crippen molar-refractivity contribution in [3.8, 4) is 0 Å². The molecule has 0 saturated carbocycles. The Hall–Kier alpha value is -0.620. The lowest BCUT2D eigenvalue weighted by molar-refractivity contribution is 0.407. The summed E-state index contributed by atoms with van der Waals surface area (Å²) >= 11 is 1.36. The molecule has 2 unspecified atom stereocenters. The Morgan fingerprint density at radius 1 is 1.43 bits per heavy atom. The van der Waals surface area contributed by atoms with Crippen LogP contribution in [0.25, 0.3) is 0 Å². The van der Waals surface area contributed by atoms with Crippen molar-refractivity contribution in [2.45, 2.75) is 52.5 Å². The highest BCUT2D eigenvalue weighted by atomic mass is 32.2. The van der Waals surface area contributed by atoms with E-state index < -0.39 is 9.84 Å². The maximum Gasteiger partial charge on any atom is 0.307 e. The molecule has 1 aromatic rings. The van der Waals surface area contributed by atoms with E-state index in [1.807, 2.05) is 11.5 Å². The first-order valence-electron chi connectivity index (χ1n) is 7.69. The minimum absolute atomic E-state index is 0.0234. The molecule has 0 N–H and O–H groups in total. The zero-order valence-electron chi connectivity index (χ0n) is 13.1. The van der Waals surface area contributed by atoms with E-state index in [2.05, 4.69) is 6.92 Å². The minimum atomic E-state index is -2.99. The van der Waals surface area contributed by atoms with Gasteiger partial charge in [-0.05, 0) is 31.1 Å². The van der Waals surface area contributed by atoms with Crippen LogP contribution >= 0.6 is 11.3 Å². The molecule has 0 bridgehead atoms. The average molecular weight is 332 g/mol. The van der Waals surface area contributed by atoms with Crippen LogP contribution in [0.4, 0.5) is 0 Å². The normalized spacial score (nSPS) is 20.2. The highest BCUT2D eigenvalue weighted by Crippen LogP contribution is 2.30. The maximum absolute atomic E-state index is 12.2. The number of rotatable bonds is 6. The van der Waals surface area contributed by atoms with Crippen LogP contribution in [-0.4, -0.2) is 25.0 Å². The molecular formula is C15H25NO3S2. The molecule has 1 aliphatic carbocycles. The Morgan fingerprint density at radius 3 is 2.76 bits per heavy atom. The SMILES string of the molecule is CCCC1CCc2c(sc(=O)n2CC(C)CS(C)(=O)=O)C1. The van der Waals surface area contributed by atoms with Crippen molar-refractivity contribution in [3.05, 3.63) is 20.2 Å². The first-order chi connectivity index (χ1) is 9.80. The number of hydrogen-bond acceptors (Lipinski definition) is 4. The summed E-state index contributed by atoms with van der Waals surface area (Å²) < 4.78 is 24.6. The van der Waals surface area contributed by atoms with Gasteiger partial charge in [0, 0.05) is 23.4 Å². The monoisotopic (exact) mass is 331 g/mol. The number of fused-ring (bicyclic) bond motifs is 1. The summed E-state index contributed by atoms with van der Waals surface area (Å²) in [5.74, 6) is 0.829. The fourth-order valence-corrected chi connectivity index (χ4v) is 5.63. The first-order valence-corrected chi connectivity index (χ1v) is 10.6. The molecule has 6 heteroatoms. The van der Waals surface area contributed by atoms with Gasteiger partial charge in [0.1, 0.15) is 9.84 Å². The molecule has 2 atom stereocenters. The lowest BCUT2D eigenvalue weighted by atomic mass is 9.87. The highest BCUT2D eigenvalue weighted by molar-refractivity contribution is 7.90. The molecule has 1 heterocycles. The summed E-state index contributed by atoms with van der Waals surface area (Å²) in [5.41, 5.74) is 1.16. The second kappa shape index (κ2) is 6.65. The summed E-state index contributed by atoms with van der Waals surface area (Å²) in [5, 5.41) is 0. The summed E-state index contributed by atoms with van der Waals surface area (Å²) in [6, 6.07) is 0. The van der Waals surface area contributed by atoms with E-state index in [4.69, 9.17) is 0 Å². The van der Waals surface area contributed by atoms with Crippen LogP contribution in [0.5, 0.6) is 0 Å². The third-order valence-corrected chi connectivity index (χ3v) is 6.34. The quantitative estimate of drug-likeness (QED) is 0.805. The summed E-state index contributed by atoms with van der Waals surface area (Å²) in [4.78, 5) is 13.5. The predicted octanol–water partition coefficient (Wildman–Crippen LogP) is 2.50. The van der Waals surface area contributed by atoms with Gasteiger partial charge in [-0.15, -0.1) is 0 Å². The van der Waals surface area contributed by atoms with Gasteiger partial charge in [-0.25, -0.2) is 8.42 Å². The van der Waals surface area contributed by atoms with E-state index in [9.17, 15) is 13.2 Å². The van der Waals surface area contributed by atoms with Crippen molar-refractivity contribution in [2.75, 3.05) is 12.0 Å². The number of hydrogen-bond donors (Lipinski definition) is 0. The number of thiazole rings is 1. The van der Waals surface area contributed by atoms with E-state index in [1.165, 1.54) is 35.3 Å². The molecule has 0 spiro atoms. The molecule has 21 heavy (non-hydrogen) atoms. The highest BCUT2D eigenvalue weighted by Gasteiger charge is 2.25. The third-order valence-electron chi connectivity index (χ3n) is 4.12.